The molecule has 0 bridgehead atoms. The van der Waals surface area contributed by atoms with Gasteiger partial charge in [-0.15, -0.1) is 0 Å². The SMILES string of the molecule is COc1ccc(N(CC(=O)N(Cc2c(Cl)cccc2Cl)[C@@H](Cc2ccccc2)C(=O)NC2CCCCC2)S(=O)(=O)c2ccccc2)cc1. The molecule has 4 aromatic carbocycles. The molecule has 0 unspecified atom stereocenters. The summed E-state index contributed by atoms with van der Waals surface area (Å²) in [6, 6.07) is 27.8. The highest BCUT2D eigenvalue weighted by molar-refractivity contribution is 7.92. The van der Waals surface area contributed by atoms with Gasteiger partial charge in [0.2, 0.25) is 11.8 Å². The van der Waals surface area contributed by atoms with E-state index < -0.39 is 28.5 Å². The number of carbonyl (C=O) groups is 2. The van der Waals surface area contributed by atoms with Crippen LogP contribution >= 0.6 is 23.2 Å². The molecule has 1 aliphatic carbocycles. The molecule has 1 atom stereocenters. The van der Waals surface area contributed by atoms with E-state index in [0.717, 1.165) is 42.0 Å². The maximum Gasteiger partial charge on any atom is 0.264 e. The van der Waals surface area contributed by atoms with Crippen LogP contribution in [0.1, 0.15) is 43.2 Å². The summed E-state index contributed by atoms with van der Waals surface area (Å²) in [5.74, 6) is -0.385. The van der Waals surface area contributed by atoms with Gasteiger partial charge in [0.05, 0.1) is 17.7 Å². The lowest BCUT2D eigenvalue weighted by Gasteiger charge is -2.35. The zero-order valence-electron chi connectivity index (χ0n) is 26.7. The molecule has 1 fully saturated rings. The van der Waals surface area contributed by atoms with Gasteiger partial charge in [0, 0.05) is 34.6 Å². The standard InChI is InChI=1S/C37H39Cl2N3O5S/c1-47-30-22-20-29(21-23-30)42(48(45,46)31-16-9-4-10-17-31)26-36(43)41(25-32-33(38)18-11-19-34(32)39)35(24-27-12-5-2-6-13-27)37(44)40-28-14-7-3-8-15-28/h2,4-6,9-13,16-23,28,35H,3,7-8,14-15,24-26H2,1H3,(H,40,44)/t35-/m0/s1. The van der Waals surface area contributed by atoms with Crippen molar-refractivity contribution in [2.75, 3.05) is 18.0 Å². The van der Waals surface area contributed by atoms with Gasteiger partial charge in [-0.05, 0) is 66.9 Å². The molecule has 0 radical (unpaired) electrons. The van der Waals surface area contributed by atoms with Crippen LogP contribution in [0.25, 0.3) is 0 Å². The molecular formula is C37H39Cl2N3O5S. The molecule has 0 aliphatic heterocycles. The molecule has 0 heterocycles. The summed E-state index contributed by atoms with van der Waals surface area (Å²) in [5.41, 5.74) is 1.56. The number of halogens is 2. The Bertz CT molecular complexity index is 1760. The minimum atomic E-state index is -4.23. The van der Waals surface area contributed by atoms with Gasteiger partial charge in [-0.3, -0.25) is 13.9 Å². The first-order valence-electron chi connectivity index (χ1n) is 16.0. The zero-order valence-corrected chi connectivity index (χ0v) is 29.1. The quantitative estimate of drug-likeness (QED) is 0.158. The fourth-order valence-electron chi connectivity index (χ4n) is 5.95. The molecular weight excluding hydrogens is 669 g/mol. The summed E-state index contributed by atoms with van der Waals surface area (Å²) >= 11 is 13.2. The average molecular weight is 709 g/mol. The van der Waals surface area contributed by atoms with Crippen LogP contribution < -0.4 is 14.4 Å². The van der Waals surface area contributed by atoms with Gasteiger partial charge in [0.15, 0.2) is 0 Å². The van der Waals surface area contributed by atoms with Crippen molar-refractivity contribution in [3.8, 4) is 5.75 Å². The summed E-state index contributed by atoms with van der Waals surface area (Å²) in [6.07, 6.45) is 5.05. The highest BCUT2D eigenvalue weighted by Gasteiger charge is 2.36. The molecule has 48 heavy (non-hydrogen) atoms. The zero-order chi connectivity index (χ0) is 34.1. The molecule has 0 saturated heterocycles. The summed E-state index contributed by atoms with van der Waals surface area (Å²) < 4.78 is 34.7. The Labute approximate surface area is 292 Å². The van der Waals surface area contributed by atoms with Gasteiger partial charge in [-0.2, -0.15) is 0 Å². The maximum absolute atomic E-state index is 14.7. The number of anilines is 1. The van der Waals surface area contributed by atoms with E-state index in [1.807, 2.05) is 30.3 Å². The van der Waals surface area contributed by atoms with E-state index in [4.69, 9.17) is 27.9 Å². The van der Waals surface area contributed by atoms with E-state index in [-0.39, 0.29) is 35.5 Å². The third-order valence-electron chi connectivity index (χ3n) is 8.58. The summed E-state index contributed by atoms with van der Waals surface area (Å²) in [5, 5.41) is 3.86. The highest BCUT2D eigenvalue weighted by Crippen LogP contribution is 2.30. The first kappa shape index (κ1) is 35.3. The average Bonchev–Trinajstić information content (AvgIpc) is 3.11. The molecule has 0 spiro atoms. The number of benzene rings is 4. The number of hydrogen-bond acceptors (Lipinski definition) is 5. The van der Waals surface area contributed by atoms with E-state index in [1.54, 1.807) is 60.7 Å². The largest absolute Gasteiger partial charge is 0.497 e. The van der Waals surface area contributed by atoms with E-state index in [0.29, 0.717) is 21.4 Å². The van der Waals surface area contributed by atoms with Gasteiger partial charge >= 0.3 is 0 Å². The second kappa shape index (κ2) is 16.4. The number of nitrogens with zero attached hydrogens (tertiary/aromatic N) is 2. The number of hydrogen-bond donors (Lipinski definition) is 1. The molecule has 1 aliphatic rings. The molecule has 252 valence electrons. The second-order valence-electron chi connectivity index (χ2n) is 11.8. The lowest BCUT2D eigenvalue weighted by Crippen LogP contribution is -2.55. The van der Waals surface area contributed by atoms with E-state index in [1.165, 1.54) is 24.1 Å². The van der Waals surface area contributed by atoms with Gasteiger partial charge in [0.1, 0.15) is 18.3 Å². The van der Waals surface area contributed by atoms with Gasteiger partial charge in [0.25, 0.3) is 10.0 Å². The van der Waals surface area contributed by atoms with E-state index in [2.05, 4.69) is 5.32 Å². The van der Waals surface area contributed by atoms with Crippen LogP contribution in [-0.2, 0) is 32.6 Å². The van der Waals surface area contributed by atoms with Crippen molar-refractivity contribution in [3.05, 3.63) is 124 Å². The Hall–Kier alpha value is -4.05. The summed E-state index contributed by atoms with van der Waals surface area (Å²) in [7, 11) is -2.71. The van der Waals surface area contributed by atoms with Crippen molar-refractivity contribution in [1.29, 1.82) is 0 Å². The topological polar surface area (TPSA) is 96.0 Å². The minimum absolute atomic E-state index is 0.0142. The summed E-state index contributed by atoms with van der Waals surface area (Å²) in [6.45, 7) is -0.706. The molecule has 1 saturated carbocycles. The van der Waals surface area contributed by atoms with Crippen molar-refractivity contribution >= 4 is 50.7 Å². The first-order valence-corrected chi connectivity index (χ1v) is 18.2. The van der Waals surface area contributed by atoms with Crippen molar-refractivity contribution in [3.63, 3.8) is 0 Å². The number of carbonyl (C=O) groups excluding carboxylic acids is 2. The molecule has 11 heteroatoms. The minimum Gasteiger partial charge on any atom is -0.497 e. The number of sulfonamides is 1. The maximum atomic E-state index is 14.7. The third-order valence-corrected chi connectivity index (χ3v) is 11.1. The normalized spacial score (nSPS) is 14.1. The van der Waals surface area contributed by atoms with Crippen LogP contribution in [0.4, 0.5) is 5.69 Å². The van der Waals surface area contributed by atoms with Crippen LogP contribution in [0.15, 0.2) is 108 Å². The number of rotatable bonds is 13. The van der Waals surface area contributed by atoms with Crippen LogP contribution in [0, 0.1) is 0 Å². The van der Waals surface area contributed by atoms with Crippen molar-refractivity contribution < 1.29 is 22.7 Å². The smallest absolute Gasteiger partial charge is 0.264 e. The monoisotopic (exact) mass is 707 g/mol. The number of ether oxygens (including phenoxy) is 1. The number of methoxy groups -OCH3 is 1. The third kappa shape index (κ3) is 8.69. The van der Waals surface area contributed by atoms with Crippen molar-refractivity contribution in [1.82, 2.24) is 10.2 Å². The fraction of sp³-hybridized carbons (Fsp3) is 0.297. The molecule has 4 aromatic rings. The Morgan fingerprint density at radius 1 is 0.833 bits per heavy atom. The lowest BCUT2D eigenvalue weighted by atomic mass is 9.94. The number of nitrogens with one attached hydrogen (secondary N) is 1. The number of amides is 2. The lowest BCUT2D eigenvalue weighted by molar-refractivity contribution is -0.140. The highest BCUT2D eigenvalue weighted by atomic mass is 35.5. The molecule has 0 aromatic heterocycles. The van der Waals surface area contributed by atoms with Crippen LogP contribution in [0.2, 0.25) is 10.0 Å². The van der Waals surface area contributed by atoms with Crippen LogP contribution in [-0.4, -0.2) is 50.9 Å². The van der Waals surface area contributed by atoms with Crippen molar-refractivity contribution in [2.24, 2.45) is 0 Å². The molecule has 1 N–H and O–H groups in total. The fourth-order valence-corrected chi connectivity index (χ4v) is 7.90. The first-order chi connectivity index (χ1) is 23.2. The van der Waals surface area contributed by atoms with E-state index >= 15 is 0 Å². The molecule has 5 rings (SSSR count). The Balaban J connectivity index is 1.58. The Morgan fingerprint density at radius 3 is 2.04 bits per heavy atom. The second-order valence-corrected chi connectivity index (χ2v) is 14.5. The molecule has 8 nitrogen and oxygen atoms in total. The predicted octanol–water partition coefficient (Wildman–Crippen LogP) is 7.29. The Kier molecular flexibility index (Phi) is 12.0. The summed E-state index contributed by atoms with van der Waals surface area (Å²) in [4.78, 5) is 30.4. The van der Waals surface area contributed by atoms with Gasteiger partial charge < -0.3 is 15.0 Å². The van der Waals surface area contributed by atoms with Crippen LogP contribution in [0.3, 0.4) is 0 Å². The van der Waals surface area contributed by atoms with Crippen LogP contribution in [0.5, 0.6) is 5.75 Å². The van der Waals surface area contributed by atoms with E-state index in [9.17, 15) is 18.0 Å². The Morgan fingerprint density at radius 2 is 1.44 bits per heavy atom. The predicted molar refractivity (Wildman–Crippen MR) is 190 cm³/mol. The van der Waals surface area contributed by atoms with Gasteiger partial charge in [-0.25, -0.2) is 8.42 Å². The van der Waals surface area contributed by atoms with Crippen molar-refractivity contribution in [2.45, 2.75) is 62.0 Å². The van der Waals surface area contributed by atoms with Gasteiger partial charge in [-0.1, -0.05) is 97.1 Å². The molecule has 2 amide bonds.